The zero-order valence-electron chi connectivity index (χ0n) is 9.37. The van der Waals surface area contributed by atoms with Gasteiger partial charge in [0, 0.05) is 12.6 Å². The van der Waals surface area contributed by atoms with Gasteiger partial charge in [0.2, 0.25) is 0 Å². The number of aromatic nitrogens is 2. The molecule has 0 aromatic carbocycles. The Morgan fingerprint density at radius 3 is 2.89 bits per heavy atom. The Bertz CT molecular complexity index is 597. The Kier molecular flexibility index (Phi) is 3.34. The molecule has 0 amide bonds. The van der Waals surface area contributed by atoms with E-state index in [1.165, 1.54) is 6.20 Å². The molecule has 3 atom stereocenters. The fourth-order valence-corrected chi connectivity index (χ4v) is 1.85. The van der Waals surface area contributed by atoms with Gasteiger partial charge in [-0.3, -0.25) is 14.3 Å². The Balaban J connectivity index is 2.39. The van der Waals surface area contributed by atoms with Crippen molar-refractivity contribution in [2.75, 3.05) is 6.61 Å². The molecule has 1 aromatic rings. The molecular weight excluding hydrogens is 240 g/mol. The van der Waals surface area contributed by atoms with Crippen LogP contribution in [0.15, 0.2) is 15.8 Å². The van der Waals surface area contributed by atoms with Gasteiger partial charge in [-0.2, -0.15) is 0 Å². The van der Waals surface area contributed by atoms with Crippen molar-refractivity contribution in [2.24, 2.45) is 0 Å². The highest BCUT2D eigenvalue weighted by molar-refractivity contribution is 5.26. The van der Waals surface area contributed by atoms with Crippen LogP contribution in [0.5, 0.6) is 0 Å². The second kappa shape index (κ2) is 4.78. The number of nitrogens with zero attached hydrogens (tertiary/aromatic N) is 1. The molecule has 1 aliphatic rings. The number of terminal acetylenes is 1. The molecule has 0 bridgehead atoms. The van der Waals surface area contributed by atoms with Crippen LogP contribution in [0.3, 0.4) is 0 Å². The first-order chi connectivity index (χ1) is 8.56. The lowest BCUT2D eigenvalue weighted by atomic mass is 10.2. The summed E-state index contributed by atoms with van der Waals surface area (Å²) in [6.07, 6.45) is 4.11. The summed E-state index contributed by atoms with van der Waals surface area (Å²) in [5, 5.41) is 18.5. The zero-order chi connectivity index (χ0) is 13.3. The van der Waals surface area contributed by atoms with Crippen LogP contribution < -0.4 is 11.2 Å². The van der Waals surface area contributed by atoms with Crippen molar-refractivity contribution in [2.45, 2.75) is 24.9 Å². The zero-order valence-corrected chi connectivity index (χ0v) is 9.37. The number of ether oxygens (including phenoxy) is 1. The molecule has 0 saturated carbocycles. The van der Waals surface area contributed by atoms with Gasteiger partial charge in [-0.15, -0.1) is 6.42 Å². The molecule has 0 radical (unpaired) electrons. The average molecular weight is 252 g/mol. The monoisotopic (exact) mass is 252 g/mol. The van der Waals surface area contributed by atoms with Crippen molar-refractivity contribution in [3.8, 4) is 12.3 Å². The van der Waals surface area contributed by atoms with Crippen molar-refractivity contribution in [3.05, 3.63) is 32.6 Å². The van der Waals surface area contributed by atoms with Gasteiger partial charge in [-0.25, -0.2) is 4.79 Å². The number of nitrogens with one attached hydrogen (secondary N) is 1. The van der Waals surface area contributed by atoms with Crippen LogP contribution in [0.2, 0.25) is 0 Å². The smallest absolute Gasteiger partial charge is 0.330 e. The molecule has 0 aliphatic carbocycles. The molecular formula is C11H12N2O5. The standard InChI is InChI=1S/C11H12N2O5/c1-2-6-4-13(11(17)12-10(6)16)9-3-7(15)8(5-14)18-9/h1,4,7-9,14-15H,3,5H2,(H,12,16,17)/t7-,8+,9-/m1/s1. The van der Waals surface area contributed by atoms with Crippen LogP contribution in [-0.2, 0) is 4.74 Å². The number of aliphatic hydroxyl groups excluding tert-OH is 2. The van der Waals surface area contributed by atoms with E-state index in [0.717, 1.165) is 4.57 Å². The molecule has 7 nitrogen and oxygen atoms in total. The lowest BCUT2D eigenvalue weighted by Crippen LogP contribution is -2.33. The highest BCUT2D eigenvalue weighted by Crippen LogP contribution is 2.27. The maximum atomic E-state index is 11.6. The van der Waals surface area contributed by atoms with Crippen molar-refractivity contribution in [1.29, 1.82) is 0 Å². The van der Waals surface area contributed by atoms with E-state index in [1.807, 2.05) is 0 Å². The number of rotatable bonds is 2. The number of hydrogen-bond donors (Lipinski definition) is 3. The minimum Gasteiger partial charge on any atom is -0.394 e. The lowest BCUT2D eigenvalue weighted by Gasteiger charge is -2.14. The van der Waals surface area contributed by atoms with Crippen molar-refractivity contribution in [1.82, 2.24) is 9.55 Å². The van der Waals surface area contributed by atoms with Gasteiger partial charge in [0.15, 0.2) is 0 Å². The fourth-order valence-electron chi connectivity index (χ4n) is 1.85. The molecule has 1 fully saturated rings. The van der Waals surface area contributed by atoms with Crippen molar-refractivity contribution < 1.29 is 14.9 Å². The quantitative estimate of drug-likeness (QED) is 0.536. The Morgan fingerprint density at radius 2 is 2.33 bits per heavy atom. The Hall–Kier alpha value is -1.88. The summed E-state index contributed by atoms with van der Waals surface area (Å²) < 4.78 is 6.41. The molecule has 18 heavy (non-hydrogen) atoms. The highest BCUT2D eigenvalue weighted by atomic mass is 16.5. The van der Waals surface area contributed by atoms with Gasteiger partial charge < -0.3 is 14.9 Å². The third-order valence-corrected chi connectivity index (χ3v) is 2.82. The predicted molar refractivity (Wildman–Crippen MR) is 60.9 cm³/mol. The van der Waals surface area contributed by atoms with Gasteiger partial charge in [-0.1, -0.05) is 5.92 Å². The molecule has 7 heteroatoms. The maximum Gasteiger partial charge on any atom is 0.330 e. The number of H-pyrrole nitrogens is 1. The predicted octanol–water partition coefficient (Wildman–Crippen LogP) is -1.84. The number of hydrogen-bond acceptors (Lipinski definition) is 5. The lowest BCUT2D eigenvalue weighted by molar-refractivity contribution is -0.0459. The minimum absolute atomic E-state index is 0.000128. The molecule has 96 valence electrons. The third-order valence-electron chi connectivity index (χ3n) is 2.82. The Labute approximate surface area is 102 Å². The summed E-state index contributed by atoms with van der Waals surface area (Å²) >= 11 is 0. The van der Waals surface area contributed by atoms with Crippen LogP contribution in [0.4, 0.5) is 0 Å². The van der Waals surface area contributed by atoms with Crippen LogP contribution in [-0.4, -0.2) is 38.6 Å². The maximum absolute atomic E-state index is 11.6. The summed E-state index contributed by atoms with van der Waals surface area (Å²) in [4.78, 5) is 25.0. The topological polar surface area (TPSA) is 105 Å². The van der Waals surface area contributed by atoms with Crippen molar-refractivity contribution >= 4 is 0 Å². The van der Waals surface area contributed by atoms with E-state index in [1.54, 1.807) is 0 Å². The van der Waals surface area contributed by atoms with Crippen LogP contribution >= 0.6 is 0 Å². The van der Waals surface area contributed by atoms with E-state index in [9.17, 15) is 14.7 Å². The van der Waals surface area contributed by atoms with E-state index in [2.05, 4.69) is 10.9 Å². The molecule has 1 aliphatic heterocycles. The van der Waals surface area contributed by atoms with Gasteiger partial charge in [0.05, 0.1) is 12.7 Å². The second-order valence-electron chi connectivity index (χ2n) is 3.97. The van der Waals surface area contributed by atoms with Crippen LogP contribution in [0.25, 0.3) is 0 Å². The summed E-state index contributed by atoms with van der Waals surface area (Å²) in [7, 11) is 0. The second-order valence-corrected chi connectivity index (χ2v) is 3.97. The summed E-state index contributed by atoms with van der Waals surface area (Å²) in [6, 6.07) is 0. The molecule has 1 saturated heterocycles. The highest BCUT2D eigenvalue weighted by Gasteiger charge is 2.35. The van der Waals surface area contributed by atoms with Gasteiger partial charge in [0.1, 0.15) is 17.9 Å². The van der Waals surface area contributed by atoms with Gasteiger partial charge in [0.25, 0.3) is 5.56 Å². The molecule has 0 spiro atoms. The summed E-state index contributed by atoms with van der Waals surface area (Å²) in [5.74, 6) is 2.15. The van der Waals surface area contributed by atoms with E-state index < -0.39 is 29.7 Å². The number of aromatic amines is 1. The molecule has 2 heterocycles. The van der Waals surface area contributed by atoms with Crippen LogP contribution in [0.1, 0.15) is 18.2 Å². The van der Waals surface area contributed by atoms with Crippen molar-refractivity contribution in [3.63, 3.8) is 0 Å². The SMILES string of the molecule is C#Cc1cn([C@H]2C[C@@H](O)[C@H](CO)O2)c(=O)[nH]c1=O. The summed E-state index contributed by atoms with van der Waals surface area (Å²) in [6.45, 7) is -0.349. The Morgan fingerprint density at radius 1 is 1.61 bits per heavy atom. The first-order valence-corrected chi connectivity index (χ1v) is 5.33. The van der Waals surface area contributed by atoms with Gasteiger partial charge in [-0.05, 0) is 0 Å². The first kappa shape index (κ1) is 12.6. The van der Waals surface area contributed by atoms with Crippen LogP contribution in [0, 0.1) is 12.3 Å². The fraction of sp³-hybridized carbons (Fsp3) is 0.455. The summed E-state index contributed by atoms with van der Waals surface area (Å²) in [5.41, 5.74) is -1.31. The van der Waals surface area contributed by atoms with E-state index in [0.29, 0.717) is 0 Å². The number of aliphatic hydroxyl groups is 2. The van der Waals surface area contributed by atoms with E-state index >= 15 is 0 Å². The molecule has 0 unspecified atom stereocenters. The molecule has 3 N–H and O–H groups in total. The molecule has 2 rings (SSSR count). The van der Waals surface area contributed by atoms with E-state index in [4.69, 9.17) is 16.3 Å². The minimum atomic E-state index is -0.867. The average Bonchev–Trinajstić information content (AvgIpc) is 2.70. The van der Waals surface area contributed by atoms with Gasteiger partial charge >= 0.3 is 5.69 Å². The third kappa shape index (κ3) is 2.09. The first-order valence-electron chi connectivity index (χ1n) is 5.33. The van der Waals surface area contributed by atoms with E-state index in [-0.39, 0.29) is 18.6 Å². The normalized spacial score (nSPS) is 27.1. The largest absolute Gasteiger partial charge is 0.394 e. The molecule has 1 aromatic heterocycles.